The lowest BCUT2D eigenvalue weighted by Crippen LogP contribution is -2.24. The summed E-state index contributed by atoms with van der Waals surface area (Å²) < 4.78 is 4.28. The Bertz CT molecular complexity index is 490. The van der Waals surface area contributed by atoms with Crippen molar-refractivity contribution in [3.63, 3.8) is 0 Å². The number of benzene rings is 1. The largest absolute Gasteiger partial charge is 0.340 e. The third kappa shape index (κ3) is 2.47. The zero-order valence-electron chi connectivity index (χ0n) is 9.84. The number of anilines is 1. The van der Waals surface area contributed by atoms with E-state index in [0.29, 0.717) is 6.04 Å². The fourth-order valence-electron chi connectivity index (χ4n) is 1.92. The fourth-order valence-corrected chi connectivity index (χ4v) is 2.67. The third-order valence-corrected chi connectivity index (χ3v) is 3.79. The van der Waals surface area contributed by atoms with E-state index >= 15 is 0 Å². The van der Waals surface area contributed by atoms with Gasteiger partial charge in [-0.15, -0.1) is 0 Å². The molecule has 88 valence electrons. The number of aromatic nitrogens is 2. The van der Waals surface area contributed by atoms with Crippen LogP contribution < -0.4 is 4.90 Å². The minimum absolute atomic E-state index is 0.669. The van der Waals surface area contributed by atoms with E-state index in [0.717, 1.165) is 17.5 Å². The maximum absolute atomic E-state index is 4.50. The summed E-state index contributed by atoms with van der Waals surface area (Å²) in [6.07, 6.45) is 2.57. The van der Waals surface area contributed by atoms with Gasteiger partial charge in [0.25, 0.3) is 0 Å². The van der Waals surface area contributed by atoms with Crippen molar-refractivity contribution in [2.24, 2.45) is 0 Å². The molecule has 0 aliphatic heterocycles. The van der Waals surface area contributed by atoms with Crippen molar-refractivity contribution in [1.29, 1.82) is 0 Å². The van der Waals surface area contributed by atoms with Crippen LogP contribution in [0.3, 0.4) is 0 Å². The number of hydrogen-bond acceptors (Lipinski definition) is 4. The Hall–Kier alpha value is -1.42. The van der Waals surface area contributed by atoms with Gasteiger partial charge in [0.15, 0.2) is 0 Å². The van der Waals surface area contributed by atoms with Crippen LogP contribution in [-0.2, 0) is 6.54 Å². The lowest BCUT2D eigenvalue weighted by atomic mass is 10.2. The number of hydrogen-bond donors (Lipinski definition) is 0. The predicted molar refractivity (Wildman–Crippen MR) is 70.3 cm³/mol. The van der Waals surface area contributed by atoms with Gasteiger partial charge < -0.3 is 4.90 Å². The molecule has 1 heterocycles. The molecule has 1 saturated carbocycles. The topological polar surface area (TPSA) is 29.0 Å². The zero-order valence-corrected chi connectivity index (χ0v) is 10.7. The van der Waals surface area contributed by atoms with Gasteiger partial charge in [0, 0.05) is 24.1 Å². The molecule has 1 aromatic heterocycles. The first kappa shape index (κ1) is 10.7. The van der Waals surface area contributed by atoms with Crippen LogP contribution in [0.15, 0.2) is 30.3 Å². The summed E-state index contributed by atoms with van der Waals surface area (Å²) in [6.45, 7) is 2.90. The van der Waals surface area contributed by atoms with Crippen molar-refractivity contribution in [3.8, 4) is 0 Å². The first-order chi connectivity index (χ1) is 8.33. The predicted octanol–water partition coefficient (Wildman–Crippen LogP) is 3.02. The first-order valence-electron chi connectivity index (χ1n) is 5.94. The van der Waals surface area contributed by atoms with Crippen LogP contribution in [0, 0.1) is 6.92 Å². The van der Waals surface area contributed by atoms with Gasteiger partial charge in [0.1, 0.15) is 5.82 Å². The highest BCUT2D eigenvalue weighted by Crippen LogP contribution is 2.33. The third-order valence-electron chi connectivity index (χ3n) is 2.95. The molecule has 0 unspecified atom stereocenters. The maximum Gasteiger partial charge on any atom is 0.205 e. The molecular formula is C13H15N3S. The molecule has 0 bridgehead atoms. The molecule has 4 heteroatoms. The summed E-state index contributed by atoms with van der Waals surface area (Å²) in [5.41, 5.74) is 1.34. The molecule has 17 heavy (non-hydrogen) atoms. The summed E-state index contributed by atoms with van der Waals surface area (Å²) in [7, 11) is 0. The molecule has 1 aliphatic carbocycles. The van der Waals surface area contributed by atoms with E-state index in [1.807, 2.05) is 6.92 Å². The quantitative estimate of drug-likeness (QED) is 0.829. The Morgan fingerprint density at radius 1 is 1.29 bits per heavy atom. The molecule has 1 aliphatic rings. The van der Waals surface area contributed by atoms with E-state index in [-0.39, 0.29) is 0 Å². The lowest BCUT2D eigenvalue weighted by Gasteiger charge is -2.20. The summed E-state index contributed by atoms with van der Waals surface area (Å²) >= 11 is 1.51. The van der Waals surface area contributed by atoms with Gasteiger partial charge in [-0.1, -0.05) is 30.3 Å². The van der Waals surface area contributed by atoms with Crippen LogP contribution in [0.4, 0.5) is 5.13 Å². The number of aryl methyl sites for hydroxylation is 1. The van der Waals surface area contributed by atoms with Crippen molar-refractivity contribution >= 4 is 16.7 Å². The maximum atomic E-state index is 4.50. The minimum Gasteiger partial charge on any atom is -0.340 e. The van der Waals surface area contributed by atoms with Crippen LogP contribution in [0.25, 0.3) is 0 Å². The second-order valence-electron chi connectivity index (χ2n) is 4.47. The molecule has 1 fully saturated rings. The van der Waals surface area contributed by atoms with Crippen molar-refractivity contribution in [2.45, 2.75) is 32.4 Å². The van der Waals surface area contributed by atoms with Gasteiger partial charge in [0.05, 0.1) is 0 Å². The van der Waals surface area contributed by atoms with Gasteiger partial charge in [-0.2, -0.15) is 4.37 Å². The molecule has 3 nitrogen and oxygen atoms in total. The van der Waals surface area contributed by atoms with Crippen LogP contribution in [0.2, 0.25) is 0 Å². The average Bonchev–Trinajstić information content (AvgIpc) is 3.10. The van der Waals surface area contributed by atoms with Crippen LogP contribution in [0.5, 0.6) is 0 Å². The second kappa shape index (κ2) is 4.45. The molecule has 2 aromatic rings. The van der Waals surface area contributed by atoms with Gasteiger partial charge in [0.2, 0.25) is 5.13 Å². The van der Waals surface area contributed by atoms with E-state index < -0.39 is 0 Å². The Kier molecular flexibility index (Phi) is 2.81. The second-order valence-corrected chi connectivity index (χ2v) is 5.20. The van der Waals surface area contributed by atoms with Crippen molar-refractivity contribution in [2.75, 3.05) is 4.90 Å². The Balaban J connectivity index is 1.81. The molecular weight excluding hydrogens is 230 g/mol. The van der Waals surface area contributed by atoms with E-state index in [4.69, 9.17) is 0 Å². The molecule has 0 radical (unpaired) electrons. The highest BCUT2D eigenvalue weighted by molar-refractivity contribution is 7.09. The monoisotopic (exact) mass is 245 g/mol. The normalized spacial score (nSPS) is 14.9. The highest BCUT2D eigenvalue weighted by Gasteiger charge is 2.31. The molecule has 3 rings (SSSR count). The Labute approximate surface area is 105 Å². The standard InChI is InChI=1S/C13H15N3S/c1-10-14-13(17-15-10)16(12-7-8-12)9-11-5-3-2-4-6-11/h2-6,12H,7-9H2,1H3. The van der Waals surface area contributed by atoms with E-state index in [1.54, 1.807) is 0 Å². The molecule has 0 amide bonds. The van der Waals surface area contributed by atoms with Crippen molar-refractivity contribution in [1.82, 2.24) is 9.36 Å². The molecule has 0 spiro atoms. The Morgan fingerprint density at radius 3 is 2.65 bits per heavy atom. The Morgan fingerprint density at radius 2 is 2.06 bits per heavy atom. The molecule has 0 saturated heterocycles. The SMILES string of the molecule is Cc1nsc(N(Cc2ccccc2)C2CC2)n1. The summed E-state index contributed by atoms with van der Waals surface area (Å²) in [5, 5.41) is 1.06. The van der Waals surface area contributed by atoms with Gasteiger partial charge in [-0.3, -0.25) is 0 Å². The fraction of sp³-hybridized carbons (Fsp3) is 0.385. The average molecular weight is 245 g/mol. The van der Waals surface area contributed by atoms with Crippen molar-refractivity contribution in [3.05, 3.63) is 41.7 Å². The summed E-state index contributed by atoms with van der Waals surface area (Å²) in [5.74, 6) is 0.878. The molecule has 0 N–H and O–H groups in total. The van der Waals surface area contributed by atoms with E-state index in [2.05, 4.69) is 44.6 Å². The molecule has 1 aromatic carbocycles. The van der Waals surface area contributed by atoms with Gasteiger partial charge in [-0.25, -0.2) is 4.98 Å². The van der Waals surface area contributed by atoms with Gasteiger partial charge >= 0.3 is 0 Å². The summed E-state index contributed by atoms with van der Waals surface area (Å²) in [6, 6.07) is 11.2. The van der Waals surface area contributed by atoms with E-state index in [1.165, 1.54) is 29.9 Å². The smallest absolute Gasteiger partial charge is 0.205 e. The van der Waals surface area contributed by atoms with E-state index in [9.17, 15) is 0 Å². The van der Waals surface area contributed by atoms with Gasteiger partial charge in [-0.05, 0) is 25.3 Å². The van der Waals surface area contributed by atoms with Crippen molar-refractivity contribution < 1.29 is 0 Å². The lowest BCUT2D eigenvalue weighted by molar-refractivity contribution is 0.788. The zero-order chi connectivity index (χ0) is 11.7. The first-order valence-corrected chi connectivity index (χ1v) is 6.71. The molecule has 0 atom stereocenters. The minimum atomic E-state index is 0.669. The number of nitrogens with zero attached hydrogens (tertiary/aromatic N) is 3. The van der Waals surface area contributed by atoms with Crippen LogP contribution in [-0.4, -0.2) is 15.4 Å². The summed E-state index contributed by atoms with van der Waals surface area (Å²) in [4.78, 5) is 6.89. The van der Waals surface area contributed by atoms with Crippen LogP contribution >= 0.6 is 11.5 Å². The highest BCUT2D eigenvalue weighted by atomic mass is 32.1. The number of rotatable bonds is 4. The van der Waals surface area contributed by atoms with Crippen LogP contribution in [0.1, 0.15) is 24.2 Å².